The number of allylic oxidation sites excluding steroid dienone is 5. The molecule has 436 valence electrons. The third kappa shape index (κ3) is 20.4. The number of fused-ring (bicyclic) bond motifs is 5. The minimum Gasteiger partial charge on any atom is -0.495 e. The van der Waals surface area contributed by atoms with Gasteiger partial charge in [-0.05, 0) is 76.5 Å². The quantitative estimate of drug-likeness (QED) is 0.0327. The second-order valence-electron chi connectivity index (χ2n) is 19.9. The largest absolute Gasteiger partial charge is 0.495 e. The van der Waals surface area contributed by atoms with Crippen LogP contribution in [0, 0.1) is 5.92 Å². The Morgan fingerprint density at radius 1 is 0.923 bits per heavy atom. The van der Waals surface area contributed by atoms with Crippen molar-refractivity contribution in [2.45, 2.75) is 140 Å². The molecular weight excluding hydrogens is 1040 g/mol. The number of rotatable bonds is 25. The lowest BCUT2D eigenvalue weighted by atomic mass is 9.87. The van der Waals surface area contributed by atoms with E-state index in [1.165, 1.54) is 38.0 Å². The number of halogens is 1. The molecule has 78 heavy (non-hydrogen) atoms. The van der Waals surface area contributed by atoms with Crippen LogP contribution in [0.1, 0.15) is 90.5 Å². The van der Waals surface area contributed by atoms with Gasteiger partial charge < -0.3 is 72.9 Å². The summed E-state index contributed by atoms with van der Waals surface area (Å²) in [5.74, 6) is -2.08. The SMILES string of the molecule is COc1cc2cc(c1Cl)N(C)C(=O)C[C@H](OC(=O)[C@H](C)N(C)C(=O)CCCNC(=O)CCOCCOCCOCCOCCNC(=O)OC1CC/C=C/CCC1)[C@@H]1OC1[C@H](C)[C@@H]1C[C@@](O)(NC(=O)O1)[C@H](OC)/C=C/C=C(\C)C2. The fourth-order valence-corrected chi connectivity index (χ4v) is 9.48. The average molecular weight is 1120 g/mol. The van der Waals surface area contributed by atoms with Crippen molar-refractivity contribution in [3.63, 3.8) is 0 Å². The number of carbonyl (C=O) groups is 6. The summed E-state index contributed by atoms with van der Waals surface area (Å²) in [5, 5.41) is 20.0. The number of aliphatic hydroxyl groups is 1. The number of alkyl carbamates (subject to hydrolysis) is 2. The smallest absolute Gasteiger partial charge is 0.409 e. The zero-order chi connectivity index (χ0) is 56.6. The first-order chi connectivity index (χ1) is 37.4. The summed E-state index contributed by atoms with van der Waals surface area (Å²) < 4.78 is 56.6. The molecule has 2 saturated heterocycles. The third-order valence-corrected chi connectivity index (χ3v) is 14.4. The minimum absolute atomic E-state index is 0.0189. The Bertz CT molecular complexity index is 2230. The average Bonchev–Trinajstić information content (AvgIpc) is 4.25. The van der Waals surface area contributed by atoms with Gasteiger partial charge in [0.2, 0.25) is 17.7 Å². The number of nitrogens with zero attached hydrogens (tertiary/aromatic N) is 2. The first-order valence-electron chi connectivity index (χ1n) is 26.9. The summed E-state index contributed by atoms with van der Waals surface area (Å²) in [6.07, 6.45) is 8.79. The molecule has 5 rings (SSSR count). The Kier molecular flexibility index (Phi) is 26.6. The number of esters is 1. The summed E-state index contributed by atoms with van der Waals surface area (Å²) >= 11 is 6.78. The van der Waals surface area contributed by atoms with E-state index >= 15 is 0 Å². The second kappa shape index (κ2) is 32.7. The van der Waals surface area contributed by atoms with Gasteiger partial charge >= 0.3 is 18.2 Å². The van der Waals surface area contributed by atoms with Crippen LogP contribution < -0.4 is 25.6 Å². The molecule has 2 unspecified atom stereocenters. The molecule has 0 spiro atoms. The number of anilines is 1. The molecule has 4 N–H and O–H groups in total. The van der Waals surface area contributed by atoms with Gasteiger partial charge in [0.1, 0.15) is 47.3 Å². The molecule has 3 heterocycles. The van der Waals surface area contributed by atoms with Crippen LogP contribution in [-0.2, 0) is 68.2 Å². The molecule has 4 aliphatic rings. The summed E-state index contributed by atoms with van der Waals surface area (Å²) in [7, 11) is 5.91. The van der Waals surface area contributed by atoms with Gasteiger partial charge in [-0.25, -0.2) is 14.4 Å². The molecule has 9 atom stereocenters. The number of nitrogens with one attached hydrogen (secondary N) is 3. The van der Waals surface area contributed by atoms with Crippen molar-refractivity contribution >= 4 is 53.2 Å². The maximum atomic E-state index is 14.2. The molecule has 0 aromatic heterocycles. The molecule has 0 saturated carbocycles. The summed E-state index contributed by atoms with van der Waals surface area (Å²) in [4.78, 5) is 81.4. The van der Waals surface area contributed by atoms with Gasteiger partial charge in [0, 0.05) is 59.5 Å². The number of epoxide rings is 1. The van der Waals surface area contributed by atoms with Crippen molar-refractivity contribution in [1.29, 1.82) is 0 Å². The van der Waals surface area contributed by atoms with Gasteiger partial charge in [-0.1, -0.05) is 54.5 Å². The molecule has 22 nitrogen and oxygen atoms in total. The molecular formula is C55H82ClN5O17. The van der Waals surface area contributed by atoms with Crippen LogP contribution in [0.15, 0.2) is 48.1 Å². The van der Waals surface area contributed by atoms with E-state index in [0.29, 0.717) is 70.5 Å². The topological polar surface area (TPSA) is 261 Å². The number of methoxy groups -OCH3 is 2. The van der Waals surface area contributed by atoms with Crippen LogP contribution in [0.5, 0.6) is 5.75 Å². The van der Waals surface area contributed by atoms with Crippen LogP contribution >= 0.6 is 11.6 Å². The van der Waals surface area contributed by atoms with E-state index < -0.39 is 72.3 Å². The predicted molar refractivity (Wildman–Crippen MR) is 287 cm³/mol. The number of carbonyl (C=O) groups excluding carboxylic acids is 6. The molecule has 1 aliphatic carbocycles. The van der Waals surface area contributed by atoms with E-state index in [1.807, 2.05) is 13.0 Å². The molecule has 3 aliphatic heterocycles. The van der Waals surface area contributed by atoms with Crippen molar-refractivity contribution in [1.82, 2.24) is 20.9 Å². The number of ether oxygens (including phenoxy) is 10. The Hall–Kier alpha value is -5.33. The Morgan fingerprint density at radius 2 is 1.62 bits per heavy atom. The molecule has 5 amide bonds. The number of likely N-dealkylation sites (N-methyl/N-ethyl adjacent to an activating group) is 1. The first-order valence-corrected chi connectivity index (χ1v) is 27.3. The fraction of sp³-hybridized carbons (Fsp3) is 0.673. The lowest BCUT2D eigenvalue weighted by Crippen LogP contribution is -2.63. The van der Waals surface area contributed by atoms with Crippen molar-refractivity contribution in [2.24, 2.45) is 5.92 Å². The molecule has 1 aromatic rings. The maximum absolute atomic E-state index is 14.2. The number of hydrogen-bond acceptors (Lipinski definition) is 17. The van der Waals surface area contributed by atoms with E-state index in [9.17, 15) is 33.9 Å². The molecule has 0 radical (unpaired) electrons. The van der Waals surface area contributed by atoms with Gasteiger partial charge in [0.25, 0.3) is 0 Å². The lowest BCUT2D eigenvalue weighted by molar-refractivity contribution is -0.159. The van der Waals surface area contributed by atoms with Gasteiger partial charge in [0.15, 0.2) is 5.72 Å². The van der Waals surface area contributed by atoms with Crippen LogP contribution in [0.2, 0.25) is 5.02 Å². The summed E-state index contributed by atoms with van der Waals surface area (Å²) in [6.45, 7) is 8.38. The van der Waals surface area contributed by atoms with Crippen molar-refractivity contribution in [3.05, 3.63) is 58.7 Å². The van der Waals surface area contributed by atoms with E-state index in [4.69, 9.17) is 59.0 Å². The molecule has 1 aromatic carbocycles. The standard InChI is InChI=1S/C55H82ClN5O17/c1-36-15-13-18-45(70-7)55(68)35-44(77-54(67)59-55)37(2)50-51(78-50)43(34-48(64)61(5)41-32-39(31-36)33-42(69-6)49(41)56)76-52(65)38(3)60(4)47(63)19-14-21-57-46(62)20-23-71-25-27-73-29-30-74-28-26-72-24-22-58-53(66)75-40-16-11-9-8-10-12-17-40/h8-9,13,15,18,32-33,37-38,40,43-45,50-51,68H,10-12,14,16-17,19-31,34-35H2,1-7H3,(H,57,62)(H,58,66)(H,59,67)/b9-8+,18-13+,36-15+/t37-,38+,40?,43+,44+,45-,50?,51+,55+/m1/s1. The number of benzene rings is 1. The minimum atomic E-state index is -1.86. The van der Waals surface area contributed by atoms with E-state index in [1.54, 1.807) is 38.3 Å². The van der Waals surface area contributed by atoms with Crippen LogP contribution in [0.3, 0.4) is 0 Å². The summed E-state index contributed by atoms with van der Waals surface area (Å²) in [6, 6.07) is 2.47. The highest BCUT2D eigenvalue weighted by molar-refractivity contribution is 6.35. The predicted octanol–water partition coefficient (Wildman–Crippen LogP) is 5.09. The van der Waals surface area contributed by atoms with E-state index in [2.05, 4.69) is 28.1 Å². The monoisotopic (exact) mass is 1120 g/mol. The molecule has 23 heteroatoms. The van der Waals surface area contributed by atoms with Crippen molar-refractivity contribution < 1.29 is 81.2 Å². The Balaban J connectivity index is 1.01. The highest BCUT2D eigenvalue weighted by atomic mass is 35.5. The molecule has 4 bridgehead atoms. The highest BCUT2D eigenvalue weighted by Gasteiger charge is 2.56. The van der Waals surface area contributed by atoms with Gasteiger partial charge in [-0.3, -0.25) is 19.7 Å². The maximum Gasteiger partial charge on any atom is 0.409 e. The zero-order valence-corrected chi connectivity index (χ0v) is 47.0. The van der Waals surface area contributed by atoms with Gasteiger partial charge in [0.05, 0.1) is 78.2 Å². The number of hydrogen-bond donors (Lipinski definition) is 4. The van der Waals surface area contributed by atoms with E-state index in [-0.39, 0.29) is 68.4 Å². The fourth-order valence-electron chi connectivity index (χ4n) is 9.17. The lowest BCUT2D eigenvalue weighted by Gasteiger charge is -2.41. The molecule has 2 fully saturated rings. The first kappa shape index (κ1) is 63.5. The van der Waals surface area contributed by atoms with Gasteiger partial charge in [-0.15, -0.1) is 0 Å². The van der Waals surface area contributed by atoms with Crippen LogP contribution in [0.4, 0.5) is 15.3 Å². The Morgan fingerprint density at radius 3 is 2.32 bits per heavy atom. The van der Waals surface area contributed by atoms with E-state index in [0.717, 1.165) is 43.2 Å². The zero-order valence-electron chi connectivity index (χ0n) is 46.3. The summed E-state index contributed by atoms with van der Waals surface area (Å²) in [5.41, 5.74) is 0.191. The highest BCUT2D eigenvalue weighted by Crippen LogP contribution is 2.42. The third-order valence-electron chi connectivity index (χ3n) is 14.0. The Labute approximate surface area is 463 Å². The van der Waals surface area contributed by atoms with Crippen LogP contribution in [0.25, 0.3) is 0 Å². The van der Waals surface area contributed by atoms with Gasteiger partial charge in [-0.2, -0.15) is 0 Å². The number of amides is 5. The van der Waals surface area contributed by atoms with Crippen molar-refractivity contribution in [2.75, 3.05) is 99.2 Å². The normalized spacial score (nSPS) is 26.4. The second-order valence-corrected chi connectivity index (χ2v) is 20.3. The van der Waals surface area contributed by atoms with Crippen molar-refractivity contribution in [3.8, 4) is 5.75 Å². The van der Waals surface area contributed by atoms with Crippen LogP contribution in [-0.4, -0.2) is 189 Å².